The van der Waals surface area contributed by atoms with Crippen molar-refractivity contribution in [1.82, 2.24) is 5.32 Å². The van der Waals surface area contributed by atoms with E-state index in [9.17, 15) is 9.59 Å². The van der Waals surface area contributed by atoms with Gasteiger partial charge in [0.1, 0.15) is 0 Å². The quantitative estimate of drug-likeness (QED) is 0.674. The fraction of sp³-hybridized carbons (Fsp3) is 0.455. The Hall–Kier alpha value is -2.28. The first-order chi connectivity index (χ1) is 13.7. The van der Waals surface area contributed by atoms with Gasteiger partial charge in [0, 0.05) is 33.4 Å². The number of ether oxygens (including phenoxy) is 3. The molecule has 0 fully saturated rings. The lowest BCUT2D eigenvalue weighted by atomic mass is 9.68. The number of carbonyl (C=O) groups excluding carboxylic acids is 2. The van der Waals surface area contributed by atoms with Crippen molar-refractivity contribution in [2.45, 2.75) is 46.5 Å². The molecule has 1 aromatic carbocycles. The van der Waals surface area contributed by atoms with Gasteiger partial charge >= 0.3 is 5.97 Å². The lowest BCUT2D eigenvalue weighted by molar-refractivity contribution is -0.138. The molecule has 2 heterocycles. The summed E-state index contributed by atoms with van der Waals surface area (Å²) in [6.07, 6.45) is 1.14. The molecule has 0 bridgehead atoms. The molecule has 1 aromatic rings. The van der Waals surface area contributed by atoms with Crippen molar-refractivity contribution >= 4 is 27.7 Å². The van der Waals surface area contributed by atoms with E-state index < -0.39 is 11.9 Å². The summed E-state index contributed by atoms with van der Waals surface area (Å²) in [5, 5.41) is 3.33. The van der Waals surface area contributed by atoms with E-state index >= 15 is 0 Å². The standard InChI is InChI=1S/C22H24BrNO5/c1-5-27-21(26)16-11(2)24-13-8-22(3,4)9-14(25)18(13)19(16)17-12(23)6-7-15-20(17)29-10-28-15/h6-7,19,24H,5,8-10H2,1-4H3. The van der Waals surface area contributed by atoms with Gasteiger partial charge in [-0.2, -0.15) is 0 Å². The molecular weight excluding hydrogens is 438 g/mol. The lowest BCUT2D eigenvalue weighted by Gasteiger charge is -2.39. The zero-order chi connectivity index (χ0) is 20.9. The predicted molar refractivity (Wildman–Crippen MR) is 111 cm³/mol. The highest BCUT2D eigenvalue weighted by Gasteiger charge is 2.45. The van der Waals surface area contributed by atoms with Gasteiger partial charge in [-0.3, -0.25) is 4.79 Å². The number of dihydropyridines is 1. The fourth-order valence-corrected chi connectivity index (χ4v) is 4.98. The van der Waals surface area contributed by atoms with Crippen LogP contribution in [0.2, 0.25) is 0 Å². The number of fused-ring (bicyclic) bond motifs is 1. The summed E-state index contributed by atoms with van der Waals surface area (Å²) in [5.41, 5.74) is 3.19. The van der Waals surface area contributed by atoms with Crippen molar-refractivity contribution in [3.63, 3.8) is 0 Å². The number of benzene rings is 1. The van der Waals surface area contributed by atoms with Crippen LogP contribution in [0.5, 0.6) is 11.5 Å². The Morgan fingerprint density at radius 3 is 2.79 bits per heavy atom. The van der Waals surface area contributed by atoms with Crippen molar-refractivity contribution in [3.05, 3.63) is 44.7 Å². The Labute approximate surface area is 178 Å². The third-order valence-corrected chi connectivity index (χ3v) is 6.24. The Kier molecular flexibility index (Phi) is 4.97. The minimum atomic E-state index is -0.583. The Bertz CT molecular complexity index is 976. The van der Waals surface area contributed by atoms with Gasteiger partial charge in [-0.25, -0.2) is 4.79 Å². The van der Waals surface area contributed by atoms with E-state index in [1.165, 1.54) is 0 Å². The van der Waals surface area contributed by atoms with Crippen LogP contribution in [0, 0.1) is 5.41 Å². The molecule has 1 unspecified atom stereocenters. The molecule has 1 aliphatic carbocycles. The average Bonchev–Trinajstić information content (AvgIpc) is 3.08. The van der Waals surface area contributed by atoms with E-state index in [2.05, 4.69) is 35.1 Å². The minimum Gasteiger partial charge on any atom is -0.463 e. The summed E-state index contributed by atoms with van der Waals surface area (Å²) in [4.78, 5) is 26.3. The van der Waals surface area contributed by atoms with Crippen LogP contribution in [0.25, 0.3) is 0 Å². The number of carbonyl (C=O) groups is 2. The summed E-state index contributed by atoms with van der Waals surface area (Å²) in [7, 11) is 0. The molecule has 7 heteroatoms. The van der Waals surface area contributed by atoms with Crippen LogP contribution < -0.4 is 14.8 Å². The van der Waals surface area contributed by atoms with E-state index in [1.54, 1.807) is 6.92 Å². The highest BCUT2D eigenvalue weighted by atomic mass is 79.9. The van der Waals surface area contributed by atoms with Crippen LogP contribution in [0.4, 0.5) is 0 Å². The lowest BCUT2D eigenvalue weighted by Crippen LogP contribution is -2.38. The van der Waals surface area contributed by atoms with E-state index in [0.29, 0.717) is 34.8 Å². The van der Waals surface area contributed by atoms with E-state index in [4.69, 9.17) is 14.2 Å². The van der Waals surface area contributed by atoms with Crippen molar-refractivity contribution < 1.29 is 23.8 Å². The Morgan fingerprint density at radius 2 is 2.07 bits per heavy atom. The first-order valence-electron chi connectivity index (χ1n) is 9.72. The maximum Gasteiger partial charge on any atom is 0.336 e. The van der Waals surface area contributed by atoms with Gasteiger partial charge in [0.15, 0.2) is 17.3 Å². The van der Waals surface area contributed by atoms with Crippen LogP contribution in [0.1, 0.15) is 52.0 Å². The number of allylic oxidation sites excluding steroid dienone is 3. The zero-order valence-corrected chi connectivity index (χ0v) is 18.6. The van der Waals surface area contributed by atoms with Gasteiger partial charge in [0.05, 0.1) is 18.1 Å². The fourth-order valence-electron chi connectivity index (χ4n) is 4.44. The Balaban J connectivity index is 1.96. The van der Waals surface area contributed by atoms with Crippen LogP contribution in [-0.2, 0) is 14.3 Å². The number of ketones is 1. The summed E-state index contributed by atoms with van der Waals surface area (Å²) in [6, 6.07) is 3.68. The van der Waals surface area contributed by atoms with Gasteiger partial charge < -0.3 is 19.5 Å². The number of hydrogen-bond acceptors (Lipinski definition) is 6. The molecule has 0 amide bonds. The van der Waals surface area contributed by atoms with Gasteiger partial charge in [-0.1, -0.05) is 29.8 Å². The van der Waals surface area contributed by atoms with E-state index in [1.807, 2.05) is 19.1 Å². The minimum absolute atomic E-state index is 0.0338. The zero-order valence-electron chi connectivity index (χ0n) is 17.0. The molecule has 0 spiro atoms. The second kappa shape index (κ2) is 7.20. The summed E-state index contributed by atoms with van der Waals surface area (Å²) in [5.74, 6) is 0.181. The third kappa shape index (κ3) is 3.35. The van der Waals surface area contributed by atoms with Crippen LogP contribution in [0.3, 0.4) is 0 Å². The highest BCUT2D eigenvalue weighted by molar-refractivity contribution is 9.10. The van der Waals surface area contributed by atoms with Crippen LogP contribution in [-0.4, -0.2) is 25.2 Å². The second-order valence-corrected chi connectivity index (χ2v) is 9.20. The topological polar surface area (TPSA) is 73.9 Å². The molecule has 154 valence electrons. The van der Waals surface area contributed by atoms with Crippen molar-refractivity contribution in [2.75, 3.05) is 13.4 Å². The molecule has 0 aromatic heterocycles. The SMILES string of the molecule is CCOC(=O)C1=C(C)NC2=C(C(=O)CC(C)(C)C2)C1c1c(Br)ccc2c1OCO2. The molecule has 2 aliphatic heterocycles. The number of rotatable bonds is 3. The number of halogens is 1. The molecule has 1 atom stereocenters. The maximum atomic E-state index is 13.3. The molecule has 0 radical (unpaired) electrons. The predicted octanol–water partition coefficient (Wildman–Crippen LogP) is 4.34. The van der Waals surface area contributed by atoms with E-state index in [0.717, 1.165) is 22.2 Å². The molecule has 0 saturated carbocycles. The normalized spacial score (nSPS) is 22.4. The second-order valence-electron chi connectivity index (χ2n) is 8.35. The highest BCUT2D eigenvalue weighted by Crippen LogP contribution is 2.53. The first-order valence-corrected chi connectivity index (χ1v) is 10.5. The first kappa shape index (κ1) is 20.0. The molecule has 1 N–H and O–H groups in total. The van der Waals surface area contributed by atoms with Gasteiger partial charge in [-0.15, -0.1) is 0 Å². The van der Waals surface area contributed by atoms with Crippen molar-refractivity contribution in [2.24, 2.45) is 5.41 Å². The third-order valence-electron chi connectivity index (χ3n) is 5.55. The number of nitrogens with one attached hydrogen (secondary N) is 1. The monoisotopic (exact) mass is 461 g/mol. The average molecular weight is 462 g/mol. The molecule has 29 heavy (non-hydrogen) atoms. The van der Waals surface area contributed by atoms with Crippen molar-refractivity contribution in [1.29, 1.82) is 0 Å². The number of Topliss-reactive ketones (excluding diaryl/α,β-unsaturated/α-hetero) is 1. The molecule has 3 aliphatic rings. The largest absolute Gasteiger partial charge is 0.463 e. The molecule has 0 saturated heterocycles. The Morgan fingerprint density at radius 1 is 1.31 bits per heavy atom. The van der Waals surface area contributed by atoms with Crippen molar-refractivity contribution in [3.8, 4) is 11.5 Å². The molecule has 6 nitrogen and oxygen atoms in total. The van der Waals surface area contributed by atoms with Gasteiger partial charge in [0.25, 0.3) is 0 Å². The number of hydrogen-bond donors (Lipinski definition) is 1. The molecular formula is C22H24BrNO5. The number of esters is 1. The smallest absolute Gasteiger partial charge is 0.336 e. The van der Waals surface area contributed by atoms with Gasteiger partial charge in [-0.05, 0) is 37.8 Å². The maximum absolute atomic E-state index is 13.3. The van der Waals surface area contributed by atoms with E-state index in [-0.39, 0.29) is 24.6 Å². The van der Waals surface area contributed by atoms with Crippen LogP contribution in [0.15, 0.2) is 39.1 Å². The van der Waals surface area contributed by atoms with Crippen LogP contribution >= 0.6 is 15.9 Å². The summed E-state index contributed by atoms with van der Waals surface area (Å²) < 4.78 is 17.4. The van der Waals surface area contributed by atoms with Gasteiger partial charge in [0.2, 0.25) is 6.79 Å². The summed E-state index contributed by atoms with van der Waals surface area (Å²) >= 11 is 3.62. The molecule has 4 rings (SSSR count). The summed E-state index contributed by atoms with van der Waals surface area (Å²) in [6.45, 7) is 8.14.